The summed E-state index contributed by atoms with van der Waals surface area (Å²) < 4.78 is 2.06. The molecule has 2 aromatic heterocycles. The third-order valence-electron chi connectivity index (χ3n) is 5.36. The molecule has 1 aliphatic rings. The largest absolute Gasteiger partial charge is 0.353 e. The van der Waals surface area contributed by atoms with Crippen LogP contribution in [0.1, 0.15) is 35.1 Å². The highest BCUT2D eigenvalue weighted by atomic mass is 32.2. The maximum absolute atomic E-state index is 12.6. The topological polar surface area (TPSA) is 63.1 Å². The number of rotatable bonds is 9. The van der Waals surface area contributed by atoms with E-state index in [4.69, 9.17) is 0 Å². The van der Waals surface area contributed by atoms with Gasteiger partial charge in [0.15, 0.2) is 5.16 Å². The van der Waals surface area contributed by atoms with E-state index in [0.29, 0.717) is 18.8 Å². The highest BCUT2D eigenvalue weighted by Gasteiger charge is 2.24. The molecule has 3 heterocycles. The van der Waals surface area contributed by atoms with Crippen molar-refractivity contribution >= 4 is 29.0 Å². The maximum atomic E-state index is 12.6. The molecule has 0 unspecified atom stereocenters. The Hall–Kier alpha value is -2.16. The third-order valence-corrected chi connectivity index (χ3v) is 7.30. The Balaban J connectivity index is 1.32. The van der Waals surface area contributed by atoms with Crippen molar-refractivity contribution in [3.63, 3.8) is 0 Å². The molecule has 1 aliphatic heterocycles. The van der Waals surface area contributed by atoms with Crippen molar-refractivity contribution in [1.29, 1.82) is 0 Å². The zero-order valence-corrected chi connectivity index (χ0v) is 18.8. The van der Waals surface area contributed by atoms with Gasteiger partial charge in [-0.2, -0.15) is 0 Å². The van der Waals surface area contributed by atoms with E-state index >= 15 is 0 Å². The standard InChI is InChI=1S/C22H27N5OS2/c1-17-24-25-22(27(17)15-18-8-3-2-4-9-18)30-16-21(28)23-14-19(20-10-7-13-29-20)26-11-5-6-12-26/h2-4,7-10,13,19H,5-6,11-12,14-16H2,1H3,(H,23,28)/t19-/m1/s1. The average Bonchev–Trinajstić information content (AvgIpc) is 3.53. The lowest BCUT2D eigenvalue weighted by Crippen LogP contribution is -2.37. The number of thioether (sulfide) groups is 1. The van der Waals surface area contributed by atoms with Gasteiger partial charge in [0, 0.05) is 11.4 Å². The summed E-state index contributed by atoms with van der Waals surface area (Å²) in [5.41, 5.74) is 1.19. The van der Waals surface area contributed by atoms with Gasteiger partial charge in [-0.3, -0.25) is 9.69 Å². The molecule has 8 heteroatoms. The molecule has 6 nitrogen and oxygen atoms in total. The first kappa shape index (κ1) is 21.1. The number of carbonyl (C=O) groups excluding carboxylic acids is 1. The van der Waals surface area contributed by atoms with Gasteiger partial charge in [0.2, 0.25) is 5.91 Å². The van der Waals surface area contributed by atoms with Crippen LogP contribution in [0.15, 0.2) is 53.0 Å². The first-order chi connectivity index (χ1) is 14.7. The number of hydrogen-bond donors (Lipinski definition) is 1. The molecule has 158 valence electrons. The molecule has 0 radical (unpaired) electrons. The molecular formula is C22H27N5OS2. The van der Waals surface area contributed by atoms with Gasteiger partial charge in [0.1, 0.15) is 5.82 Å². The number of likely N-dealkylation sites (tertiary alicyclic amines) is 1. The first-order valence-electron chi connectivity index (χ1n) is 10.3. The van der Waals surface area contributed by atoms with Gasteiger partial charge in [-0.05, 0) is 49.9 Å². The molecule has 30 heavy (non-hydrogen) atoms. The quantitative estimate of drug-likeness (QED) is 0.513. The van der Waals surface area contributed by atoms with E-state index in [2.05, 4.69) is 54.6 Å². The van der Waals surface area contributed by atoms with Crippen LogP contribution in [0.4, 0.5) is 0 Å². The molecule has 1 fully saturated rings. The predicted octanol–water partition coefficient (Wildman–Crippen LogP) is 3.74. The van der Waals surface area contributed by atoms with E-state index in [1.807, 2.05) is 25.1 Å². The van der Waals surface area contributed by atoms with Crippen molar-refractivity contribution in [3.8, 4) is 0 Å². The van der Waals surface area contributed by atoms with Gasteiger partial charge >= 0.3 is 0 Å². The highest BCUT2D eigenvalue weighted by Crippen LogP contribution is 2.28. The number of aryl methyl sites for hydroxylation is 1. The van der Waals surface area contributed by atoms with Gasteiger partial charge in [-0.1, -0.05) is 48.2 Å². The Kier molecular flexibility index (Phi) is 7.20. The van der Waals surface area contributed by atoms with Crippen molar-refractivity contribution in [2.75, 3.05) is 25.4 Å². The van der Waals surface area contributed by atoms with Crippen molar-refractivity contribution in [2.24, 2.45) is 0 Å². The van der Waals surface area contributed by atoms with Crippen LogP contribution < -0.4 is 5.32 Å². The minimum Gasteiger partial charge on any atom is -0.353 e. The van der Waals surface area contributed by atoms with Crippen molar-refractivity contribution in [3.05, 3.63) is 64.1 Å². The molecular weight excluding hydrogens is 414 g/mol. The zero-order chi connectivity index (χ0) is 20.8. The molecule has 1 N–H and O–H groups in total. The second-order valence-corrected chi connectivity index (χ2v) is 9.39. The fraction of sp³-hybridized carbons (Fsp3) is 0.409. The molecule has 0 saturated carbocycles. The first-order valence-corrected chi connectivity index (χ1v) is 12.2. The van der Waals surface area contributed by atoms with Crippen LogP contribution in [0.3, 0.4) is 0 Å². The molecule has 1 saturated heterocycles. The second kappa shape index (κ2) is 10.2. The van der Waals surface area contributed by atoms with Crippen molar-refractivity contribution < 1.29 is 4.79 Å². The van der Waals surface area contributed by atoms with Crippen LogP contribution in [-0.2, 0) is 11.3 Å². The molecule has 3 aromatic rings. The number of aromatic nitrogens is 3. The van der Waals surface area contributed by atoms with E-state index in [1.54, 1.807) is 11.3 Å². The summed E-state index contributed by atoms with van der Waals surface area (Å²) >= 11 is 3.21. The fourth-order valence-corrected chi connectivity index (χ4v) is 5.43. The van der Waals surface area contributed by atoms with E-state index in [0.717, 1.165) is 24.1 Å². The van der Waals surface area contributed by atoms with E-state index in [9.17, 15) is 4.79 Å². The number of amides is 1. The summed E-state index contributed by atoms with van der Waals surface area (Å²) in [6.45, 7) is 5.51. The van der Waals surface area contributed by atoms with Crippen LogP contribution in [0, 0.1) is 6.92 Å². The lowest BCUT2D eigenvalue weighted by molar-refractivity contribution is -0.118. The maximum Gasteiger partial charge on any atom is 0.230 e. The van der Waals surface area contributed by atoms with Crippen LogP contribution >= 0.6 is 23.1 Å². The minimum absolute atomic E-state index is 0.0349. The molecule has 1 atom stereocenters. The Labute approximate surface area is 185 Å². The van der Waals surface area contributed by atoms with Gasteiger partial charge in [-0.25, -0.2) is 0 Å². The Morgan fingerprint density at radius 1 is 1.17 bits per heavy atom. The smallest absolute Gasteiger partial charge is 0.230 e. The van der Waals surface area contributed by atoms with Gasteiger partial charge in [0.05, 0.1) is 18.3 Å². The van der Waals surface area contributed by atoms with E-state index in [-0.39, 0.29) is 11.9 Å². The minimum atomic E-state index is 0.0349. The number of nitrogens with zero attached hydrogens (tertiary/aromatic N) is 4. The molecule has 1 aromatic carbocycles. The Morgan fingerprint density at radius 2 is 1.97 bits per heavy atom. The summed E-state index contributed by atoms with van der Waals surface area (Å²) in [6.07, 6.45) is 2.48. The summed E-state index contributed by atoms with van der Waals surface area (Å²) in [5, 5.41) is 14.5. The van der Waals surface area contributed by atoms with Gasteiger partial charge in [-0.15, -0.1) is 21.5 Å². The van der Waals surface area contributed by atoms with Crippen molar-refractivity contribution in [1.82, 2.24) is 25.0 Å². The molecule has 0 spiro atoms. The lowest BCUT2D eigenvalue weighted by Gasteiger charge is -2.26. The normalized spacial score (nSPS) is 15.4. The number of carbonyl (C=O) groups is 1. The highest BCUT2D eigenvalue weighted by molar-refractivity contribution is 7.99. The van der Waals surface area contributed by atoms with Crippen LogP contribution in [-0.4, -0.2) is 51.0 Å². The summed E-state index contributed by atoms with van der Waals surface area (Å²) in [7, 11) is 0. The SMILES string of the molecule is Cc1nnc(SCC(=O)NC[C@H](c2cccs2)N2CCCC2)n1Cc1ccccc1. The molecule has 1 amide bonds. The van der Waals surface area contributed by atoms with Gasteiger partial charge in [0.25, 0.3) is 0 Å². The number of thiophene rings is 1. The summed E-state index contributed by atoms with van der Waals surface area (Å²) in [6, 6.07) is 14.8. The van der Waals surface area contributed by atoms with Gasteiger partial charge < -0.3 is 9.88 Å². The summed E-state index contributed by atoms with van der Waals surface area (Å²) in [5.74, 6) is 1.23. The molecule has 0 bridgehead atoms. The van der Waals surface area contributed by atoms with Crippen LogP contribution in [0.2, 0.25) is 0 Å². The molecule has 0 aliphatic carbocycles. The predicted molar refractivity (Wildman–Crippen MR) is 122 cm³/mol. The Morgan fingerprint density at radius 3 is 2.70 bits per heavy atom. The third kappa shape index (κ3) is 5.30. The van der Waals surface area contributed by atoms with Crippen LogP contribution in [0.25, 0.3) is 0 Å². The second-order valence-electron chi connectivity index (χ2n) is 7.47. The number of benzene rings is 1. The van der Waals surface area contributed by atoms with E-state index in [1.165, 1.54) is 35.0 Å². The van der Waals surface area contributed by atoms with E-state index < -0.39 is 0 Å². The fourth-order valence-electron chi connectivity index (χ4n) is 3.75. The zero-order valence-electron chi connectivity index (χ0n) is 17.2. The van der Waals surface area contributed by atoms with Crippen LogP contribution in [0.5, 0.6) is 0 Å². The average molecular weight is 442 g/mol. The van der Waals surface area contributed by atoms with Crippen molar-refractivity contribution in [2.45, 2.75) is 37.5 Å². The summed E-state index contributed by atoms with van der Waals surface area (Å²) in [4.78, 5) is 16.4. The monoisotopic (exact) mass is 441 g/mol. The number of nitrogens with one attached hydrogen (secondary N) is 1. The lowest BCUT2D eigenvalue weighted by atomic mass is 10.2. The number of hydrogen-bond acceptors (Lipinski definition) is 6. The molecule has 4 rings (SSSR count). The Bertz CT molecular complexity index is 936.